The molecule has 0 heterocycles. The molecule has 0 aliphatic rings. The molecule has 0 aliphatic heterocycles. The quantitative estimate of drug-likeness (QED) is 0.439. The van der Waals surface area contributed by atoms with Crippen LogP contribution < -0.4 is 5.19 Å². The van der Waals surface area contributed by atoms with Crippen molar-refractivity contribution < 1.29 is 39.9 Å². The maximum Gasteiger partial charge on any atom is 0.0366 e. The molecule has 0 N–H and O–H groups in total. The third-order valence-electron chi connectivity index (χ3n) is 3.90. The second kappa shape index (κ2) is 6.57. The van der Waals surface area contributed by atoms with Crippen molar-refractivity contribution in [3.05, 3.63) is 72.3 Å². The van der Waals surface area contributed by atoms with Crippen molar-refractivity contribution in [2.75, 3.05) is 0 Å². The molecule has 0 nitrogen and oxygen atoms in total. The summed E-state index contributed by atoms with van der Waals surface area (Å²) < 4.78 is 0. The first-order chi connectivity index (χ1) is 9.17. The average molecular weight is 421 g/mol. The van der Waals surface area contributed by atoms with Crippen molar-refractivity contribution in [2.24, 2.45) is 0 Å². The molecule has 3 rings (SSSR count). The number of benzene rings is 2. The van der Waals surface area contributed by atoms with Gasteiger partial charge in [-0.15, -0.1) is 34.2 Å². The van der Waals surface area contributed by atoms with E-state index in [1.165, 1.54) is 22.4 Å². The maximum atomic E-state index is 2.47. The summed E-state index contributed by atoms with van der Waals surface area (Å²) in [7, 11) is -1.43. The Morgan fingerprint density at radius 2 is 1.50 bits per heavy atom. The van der Waals surface area contributed by atoms with Gasteiger partial charge < -0.3 is 0 Å². The summed E-state index contributed by atoms with van der Waals surface area (Å²) in [4.78, 5) is 0. The van der Waals surface area contributed by atoms with Crippen molar-refractivity contribution in [3.63, 3.8) is 0 Å². The number of hydrogen-bond acceptors (Lipinski definition) is 0. The van der Waals surface area contributed by atoms with Gasteiger partial charge in [-0.05, 0) is 6.04 Å². The SMILES string of the molecule is C[Si](C)(Cc1ccccc1)[c-]1ccc2ccccc21.[Gd]. The van der Waals surface area contributed by atoms with Gasteiger partial charge in [-0.3, -0.25) is 0 Å². The minimum absolute atomic E-state index is 0. The summed E-state index contributed by atoms with van der Waals surface area (Å²) >= 11 is 0. The van der Waals surface area contributed by atoms with Crippen molar-refractivity contribution in [1.82, 2.24) is 0 Å². The third kappa shape index (κ3) is 3.25. The van der Waals surface area contributed by atoms with Crippen LogP contribution >= 0.6 is 0 Å². The zero-order valence-electron chi connectivity index (χ0n) is 11.9. The molecule has 0 bridgehead atoms. The Morgan fingerprint density at radius 3 is 2.25 bits per heavy atom. The van der Waals surface area contributed by atoms with Crippen molar-refractivity contribution in [2.45, 2.75) is 19.1 Å². The molecule has 0 aromatic heterocycles. The zero-order chi connectivity index (χ0) is 13.3. The first kappa shape index (κ1) is 16.0. The van der Waals surface area contributed by atoms with Gasteiger partial charge in [0.2, 0.25) is 0 Å². The summed E-state index contributed by atoms with van der Waals surface area (Å²) in [5.74, 6) is 0. The van der Waals surface area contributed by atoms with Gasteiger partial charge in [0.05, 0.1) is 0 Å². The van der Waals surface area contributed by atoms with Crippen LogP contribution in [0.1, 0.15) is 5.56 Å². The first-order valence-corrected chi connectivity index (χ1v) is 10.1. The van der Waals surface area contributed by atoms with Gasteiger partial charge in [0.1, 0.15) is 0 Å². The maximum absolute atomic E-state index is 2.47. The summed E-state index contributed by atoms with van der Waals surface area (Å²) in [5.41, 5.74) is 1.46. The van der Waals surface area contributed by atoms with E-state index < -0.39 is 8.07 Å². The van der Waals surface area contributed by atoms with Crippen molar-refractivity contribution >= 4 is 24.0 Å². The molecular formula is C18H19GdSi-. The number of hydrogen-bond donors (Lipinski definition) is 0. The molecule has 104 valence electrons. The third-order valence-corrected chi connectivity index (χ3v) is 7.08. The predicted molar refractivity (Wildman–Crippen MR) is 86.8 cm³/mol. The van der Waals surface area contributed by atoms with Gasteiger partial charge in [0.15, 0.2) is 0 Å². The predicted octanol–water partition coefficient (Wildman–Crippen LogP) is 4.26. The van der Waals surface area contributed by atoms with Crippen molar-refractivity contribution in [3.8, 4) is 0 Å². The van der Waals surface area contributed by atoms with Crippen LogP contribution in [-0.4, -0.2) is 8.07 Å². The van der Waals surface area contributed by atoms with E-state index in [1.54, 1.807) is 5.19 Å². The Bertz CT molecular complexity index is 683. The molecule has 0 atom stereocenters. The molecule has 0 fully saturated rings. The van der Waals surface area contributed by atoms with Gasteiger partial charge in [0, 0.05) is 48.0 Å². The molecule has 2 heteroatoms. The molecule has 0 saturated carbocycles. The molecule has 0 radical (unpaired) electrons. The standard InChI is InChI=1S/C18H19Si.Gd/c1-19(2,14-15-8-4-3-5-9-15)18-13-12-16-10-6-7-11-17(16)18;/h3-13H,14H2,1-2H3;/q-1;. The number of fused-ring (bicyclic) bond motifs is 1. The van der Waals surface area contributed by atoms with Gasteiger partial charge in [-0.2, -0.15) is 12.1 Å². The van der Waals surface area contributed by atoms with Gasteiger partial charge in [-0.25, -0.2) is 0 Å². The summed E-state index contributed by atoms with van der Waals surface area (Å²) in [6.07, 6.45) is 0. The Hall–Kier alpha value is -0.408. The topological polar surface area (TPSA) is 0 Å². The molecule has 0 saturated heterocycles. The minimum Gasteiger partial charge on any atom is -0.168 e. The summed E-state index contributed by atoms with van der Waals surface area (Å²) in [6.45, 7) is 4.95. The van der Waals surface area contributed by atoms with Crippen LogP contribution in [0.5, 0.6) is 0 Å². The van der Waals surface area contributed by atoms with Gasteiger partial charge >= 0.3 is 0 Å². The van der Waals surface area contributed by atoms with E-state index >= 15 is 0 Å². The average Bonchev–Trinajstić information content (AvgIpc) is 2.84. The fourth-order valence-corrected chi connectivity index (χ4v) is 5.88. The molecule has 3 aromatic rings. The van der Waals surface area contributed by atoms with E-state index in [4.69, 9.17) is 0 Å². The Balaban J connectivity index is 0.00000147. The smallest absolute Gasteiger partial charge is 0.0366 e. The minimum atomic E-state index is -1.43. The fourth-order valence-electron chi connectivity index (χ4n) is 2.94. The molecule has 0 aliphatic carbocycles. The van der Waals surface area contributed by atoms with Crippen molar-refractivity contribution in [1.29, 1.82) is 0 Å². The fraction of sp³-hybridized carbons (Fsp3) is 0.167. The normalized spacial score (nSPS) is 11.3. The molecule has 20 heavy (non-hydrogen) atoms. The Labute approximate surface area is 154 Å². The van der Waals surface area contributed by atoms with E-state index in [2.05, 4.69) is 79.8 Å². The van der Waals surface area contributed by atoms with E-state index in [-0.39, 0.29) is 39.9 Å². The first-order valence-electron chi connectivity index (χ1n) is 6.86. The van der Waals surface area contributed by atoms with Crippen LogP contribution in [0, 0.1) is 39.9 Å². The molecular weight excluding hydrogens is 402 g/mol. The van der Waals surface area contributed by atoms with E-state index in [0.29, 0.717) is 0 Å². The van der Waals surface area contributed by atoms with Crippen LogP contribution in [0.3, 0.4) is 0 Å². The monoisotopic (exact) mass is 421 g/mol. The van der Waals surface area contributed by atoms with Gasteiger partial charge in [0.25, 0.3) is 0 Å². The summed E-state index contributed by atoms with van der Waals surface area (Å²) in [5, 5.41) is 4.42. The molecule has 3 aromatic carbocycles. The summed E-state index contributed by atoms with van der Waals surface area (Å²) in [6, 6.07) is 25.5. The molecule has 0 unspecified atom stereocenters. The van der Waals surface area contributed by atoms with Crippen LogP contribution in [0.2, 0.25) is 13.1 Å². The molecule has 0 spiro atoms. The number of rotatable bonds is 3. The Kier molecular flexibility index (Phi) is 5.25. The van der Waals surface area contributed by atoms with Gasteiger partial charge in [-0.1, -0.05) is 55.1 Å². The largest absolute Gasteiger partial charge is 0.168 e. The van der Waals surface area contributed by atoms with Crippen LogP contribution in [0.25, 0.3) is 10.8 Å². The van der Waals surface area contributed by atoms with E-state index in [9.17, 15) is 0 Å². The second-order valence-electron chi connectivity index (χ2n) is 5.88. The van der Waals surface area contributed by atoms with Crippen LogP contribution in [0.4, 0.5) is 0 Å². The van der Waals surface area contributed by atoms with E-state index in [1.807, 2.05) is 0 Å². The zero-order valence-corrected chi connectivity index (χ0v) is 15.2. The van der Waals surface area contributed by atoms with Crippen LogP contribution in [0.15, 0.2) is 66.7 Å². The second-order valence-corrected chi connectivity index (χ2v) is 10.5. The Morgan fingerprint density at radius 1 is 0.850 bits per heavy atom. The molecule has 0 amide bonds. The van der Waals surface area contributed by atoms with E-state index in [0.717, 1.165) is 0 Å². The van der Waals surface area contributed by atoms with Crippen LogP contribution in [-0.2, 0) is 6.04 Å².